The van der Waals surface area contributed by atoms with Crippen LogP contribution in [0.15, 0.2) is 41.3 Å². The van der Waals surface area contributed by atoms with E-state index in [0.29, 0.717) is 13.0 Å². The molecule has 0 heterocycles. The molecule has 1 aromatic carbocycles. The third kappa shape index (κ3) is 5.14. The van der Waals surface area contributed by atoms with Crippen molar-refractivity contribution in [1.82, 2.24) is 0 Å². The van der Waals surface area contributed by atoms with Gasteiger partial charge in [-0.3, -0.25) is 0 Å². The zero-order valence-electron chi connectivity index (χ0n) is 11.3. The van der Waals surface area contributed by atoms with Gasteiger partial charge in [-0.2, -0.15) is 0 Å². The van der Waals surface area contributed by atoms with Crippen LogP contribution >= 0.6 is 0 Å². The van der Waals surface area contributed by atoms with Crippen LogP contribution < -0.4 is 0 Å². The van der Waals surface area contributed by atoms with Gasteiger partial charge in [0.05, 0.1) is 29.4 Å². The van der Waals surface area contributed by atoms with Gasteiger partial charge in [0, 0.05) is 0 Å². The van der Waals surface area contributed by atoms with Crippen LogP contribution in [0.4, 0.5) is 0 Å². The van der Waals surface area contributed by atoms with E-state index >= 15 is 0 Å². The Labute approximate surface area is 118 Å². The van der Waals surface area contributed by atoms with Gasteiger partial charge >= 0.3 is 5.97 Å². The molecule has 110 valence electrons. The summed E-state index contributed by atoms with van der Waals surface area (Å²) in [5.41, 5.74) is 1.04. The molecule has 1 aromatic rings. The highest BCUT2D eigenvalue weighted by molar-refractivity contribution is 7.91. The number of aromatic carboxylic acids is 1. The van der Waals surface area contributed by atoms with E-state index in [2.05, 4.69) is 6.58 Å². The molecule has 0 atom stereocenters. The van der Waals surface area contributed by atoms with Gasteiger partial charge in [-0.05, 0) is 37.6 Å². The molecule has 0 spiro atoms. The summed E-state index contributed by atoms with van der Waals surface area (Å²) >= 11 is 0. The van der Waals surface area contributed by atoms with Crippen LogP contribution in [0, 0.1) is 0 Å². The molecule has 0 fully saturated rings. The predicted octanol–water partition coefficient (Wildman–Crippen LogP) is 2.14. The lowest BCUT2D eigenvalue weighted by molar-refractivity contribution is 0.0696. The van der Waals surface area contributed by atoms with Crippen LogP contribution in [0.25, 0.3) is 0 Å². The number of sulfone groups is 1. The van der Waals surface area contributed by atoms with Crippen molar-refractivity contribution >= 4 is 15.8 Å². The largest absolute Gasteiger partial charge is 0.478 e. The number of hydrogen-bond donors (Lipinski definition) is 1. The topological polar surface area (TPSA) is 80.7 Å². The minimum Gasteiger partial charge on any atom is -0.478 e. The smallest absolute Gasteiger partial charge is 0.335 e. The monoisotopic (exact) mass is 298 g/mol. The van der Waals surface area contributed by atoms with E-state index < -0.39 is 15.8 Å². The Bertz CT molecular complexity index is 572. The fraction of sp³-hybridized carbons (Fsp3) is 0.357. The minimum absolute atomic E-state index is 0.0571. The van der Waals surface area contributed by atoms with Gasteiger partial charge in [0.1, 0.15) is 0 Å². The first kappa shape index (κ1) is 16.4. The van der Waals surface area contributed by atoms with Gasteiger partial charge in [0.2, 0.25) is 0 Å². The normalized spacial score (nSPS) is 11.2. The van der Waals surface area contributed by atoms with E-state index in [4.69, 9.17) is 9.84 Å². The lowest BCUT2D eigenvalue weighted by atomic mass is 10.2. The van der Waals surface area contributed by atoms with Gasteiger partial charge in [-0.1, -0.05) is 5.57 Å². The number of carboxylic acid groups (broad SMARTS) is 1. The molecule has 0 aliphatic rings. The Morgan fingerprint density at radius 3 is 2.35 bits per heavy atom. The molecular formula is C14H18O5S. The van der Waals surface area contributed by atoms with Crippen molar-refractivity contribution in [3.8, 4) is 0 Å². The Morgan fingerprint density at radius 2 is 1.85 bits per heavy atom. The van der Waals surface area contributed by atoms with Crippen LogP contribution in [0.2, 0.25) is 0 Å². The highest BCUT2D eigenvalue weighted by atomic mass is 32.2. The molecule has 1 rings (SSSR count). The number of carboxylic acids is 1. The van der Waals surface area contributed by atoms with E-state index in [1.54, 1.807) is 0 Å². The van der Waals surface area contributed by atoms with Crippen LogP contribution in [0.5, 0.6) is 0 Å². The van der Waals surface area contributed by atoms with Crippen molar-refractivity contribution in [2.45, 2.75) is 18.2 Å². The summed E-state index contributed by atoms with van der Waals surface area (Å²) in [6.07, 6.45) is 0.702. The first-order chi connectivity index (χ1) is 9.33. The number of ether oxygens (including phenoxy) is 1. The maximum atomic E-state index is 12.0. The lowest BCUT2D eigenvalue weighted by Crippen LogP contribution is -2.13. The second-order valence-corrected chi connectivity index (χ2v) is 6.58. The van der Waals surface area contributed by atoms with Crippen LogP contribution in [-0.2, 0) is 14.6 Å². The van der Waals surface area contributed by atoms with Crippen LogP contribution in [0.3, 0.4) is 0 Å². The summed E-state index contributed by atoms with van der Waals surface area (Å²) in [6.45, 7) is 6.16. The molecule has 0 aliphatic heterocycles. The third-order valence-electron chi connectivity index (χ3n) is 2.63. The number of hydrogen-bond acceptors (Lipinski definition) is 4. The lowest BCUT2D eigenvalue weighted by Gasteiger charge is -2.06. The first-order valence-electron chi connectivity index (χ1n) is 6.11. The molecule has 1 N–H and O–H groups in total. The minimum atomic E-state index is -3.44. The van der Waals surface area contributed by atoms with Gasteiger partial charge in [0.25, 0.3) is 0 Å². The van der Waals surface area contributed by atoms with Crippen molar-refractivity contribution < 1.29 is 23.1 Å². The third-order valence-corrected chi connectivity index (χ3v) is 4.32. The molecule has 0 amide bonds. The summed E-state index contributed by atoms with van der Waals surface area (Å²) in [4.78, 5) is 10.8. The molecule has 0 unspecified atom stereocenters. The Kier molecular flexibility index (Phi) is 5.91. The van der Waals surface area contributed by atoms with Crippen LogP contribution in [0.1, 0.15) is 23.7 Å². The van der Waals surface area contributed by atoms with Crippen molar-refractivity contribution in [2.75, 3.05) is 19.0 Å². The molecule has 0 saturated carbocycles. The van der Waals surface area contributed by atoms with Crippen molar-refractivity contribution in [3.63, 3.8) is 0 Å². The predicted molar refractivity (Wildman–Crippen MR) is 75.7 cm³/mol. The van der Waals surface area contributed by atoms with Crippen molar-refractivity contribution in [3.05, 3.63) is 42.0 Å². The molecule has 0 bridgehead atoms. The number of rotatable bonds is 8. The van der Waals surface area contributed by atoms with Gasteiger partial charge in [-0.25, -0.2) is 13.2 Å². The second kappa shape index (κ2) is 7.21. The standard InChI is InChI=1S/C14H18O5S/c1-11(2)7-8-19-9-10-20(17,18)13-5-3-12(4-6-13)14(15)16/h3-6H,1,7-10H2,2H3,(H,15,16). The maximum absolute atomic E-state index is 12.0. The fourth-order valence-corrected chi connectivity index (χ4v) is 2.56. The average molecular weight is 298 g/mol. The molecule has 0 aliphatic carbocycles. The van der Waals surface area contributed by atoms with E-state index in [1.807, 2.05) is 6.92 Å². The SMILES string of the molecule is C=C(C)CCOCCS(=O)(=O)c1ccc(C(=O)O)cc1. The molecule has 5 nitrogen and oxygen atoms in total. The van der Waals surface area contributed by atoms with Crippen molar-refractivity contribution in [2.24, 2.45) is 0 Å². The van der Waals surface area contributed by atoms with Gasteiger partial charge < -0.3 is 9.84 Å². The Balaban J connectivity index is 2.56. The van der Waals surface area contributed by atoms with E-state index in [9.17, 15) is 13.2 Å². The maximum Gasteiger partial charge on any atom is 0.335 e. The summed E-state index contributed by atoms with van der Waals surface area (Å²) in [5.74, 6) is -1.22. The van der Waals surface area contributed by atoms with Gasteiger partial charge in [-0.15, -0.1) is 6.58 Å². The van der Waals surface area contributed by atoms with E-state index in [0.717, 1.165) is 5.57 Å². The summed E-state index contributed by atoms with van der Waals surface area (Å²) in [6, 6.07) is 5.15. The molecular weight excluding hydrogens is 280 g/mol. The number of carbonyl (C=O) groups is 1. The van der Waals surface area contributed by atoms with Crippen LogP contribution in [-0.4, -0.2) is 38.5 Å². The summed E-state index contributed by atoms with van der Waals surface area (Å²) in [5, 5.41) is 8.75. The van der Waals surface area contributed by atoms with Gasteiger partial charge in [0.15, 0.2) is 9.84 Å². The highest BCUT2D eigenvalue weighted by Gasteiger charge is 2.15. The Hall–Kier alpha value is -1.66. The molecule has 20 heavy (non-hydrogen) atoms. The highest BCUT2D eigenvalue weighted by Crippen LogP contribution is 2.12. The molecule has 0 radical (unpaired) electrons. The summed E-state index contributed by atoms with van der Waals surface area (Å²) < 4.78 is 29.2. The van der Waals surface area contributed by atoms with E-state index in [-0.39, 0.29) is 22.8 Å². The second-order valence-electron chi connectivity index (χ2n) is 4.47. The zero-order valence-corrected chi connectivity index (χ0v) is 12.1. The molecule has 0 aromatic heterocycles. The Morgan fingerprint density at radius 1 is 1.25 bits per heavy atom. The quantitative estimate of drug-likeness (QED) is 0.587. The average Bonchev–Trinajstić information content (AvgIpc) is 2.38. The number of benzene rings is 1. The molecule has 0 saturated heterocycles. The van der Waals surface area contributed by atoms with E-state index in [1.165, 1.54) is 24.3 Å². The molecule has 6 heteroatoms. The fourth-order valence-electron chi connectivity index (χ4n) is 1.44. The first-order valence-corrected chi connectivity index (χ1v) is 7.76. The van der Waals surface area contributed by atoms with Crippen molar-refractivity contribution in [1.29, 1.82) is 0 Å². The summed E-state index contributed by atoms with van der Waals surface area (Å²) in [7, 11) is -3.44. The zero-order chi connectivity index (χ0) is 15.2.